The van der Waals surface area contributed by atoms with Gasteiger partial charge in [0.2, 0.25) is 0 Å². The minimum absolute atomic E-state index is 0.0199. The molecule has 4 atom stereocenters. The van der Waals surface area contributed by atoms with E-state index in [0.717, 1.165) is 61.8 Å². The fourth-order valence-corrected chi connectivity index (χ4v) is 7.05. The Hall–Kier alpha value is -3.41. The zero-order valence-electron chi connectivity index (χ0n) is 24.4. The van der Waals surface area contributed by atoms with E-state index in [1.54, 1.807) is 11.3 Å². The number of thiazole rings is 1. The van der Waals surface area contributed by atoms with Crippen molar-refractivity contribution < 1.29 is 19.1 Å². The number of aromatic nitrogens is 3. The van der Waals surface area contributed by atoms with Gasteiger partial charge < -0.3 is 24.6 Å². The average Bonchev–Trinajstić information content (AvgIpc) is 3.76. The second-order valence-corrected chi connectivity index (χ2v) is 12.7. The first-order chi connectivity index (χ1) is 20.3. The van der Waals surface area contributed by atoms with Crippen molar-refractivity contribution in [1.82, 2.24) is 30.1 Å². The Kier molecular flexibility index (Phi) is 8.50. The Bertz CT molecular complexity index is 1390. The zero-order valence-corrected chi connectivity index (χ0v) is 25.2. The molecule has 3 aromatic rings. The van der Waals surface area contributed by atoms with Gasteiger partial charge in [-0.25, -0.2) is 19.7 Å². The molecule has 3 aliphatic rings. The third-order valence-corrected chi connectivity index (χ3v) is 9.35. The van der Waals surface area contributed by atoms with Crippen LogP contribution in [0.15, 0.2) is 35.7 Å². The number of carbonyl (C=O) groups is 2. The number of nitrogens with one attached hydrogen (secondary N) is 1. The number of benzene rings is 1. The van der Waals surface area contributed by atoms with Crippen LogP contribution in [-0.2, 0) is 9.47 Å². The molecule has 5 heterocycles. The maximum absolute atomic E-state index is 13.6. The van der Waals surface area contributed by atoms with Gasteiger partial charge in [-0.3, -0.25) is 4.79 Å². The number of alkyl carbamates (subject to hydrolysis) is 1. The molecule has 2 amide bonds. The largest absolute Gasteiger partial charge is 0.444 e. The molecule has 3 saturated heterocycles. The van der Waals surface area contributed by atoms with Crippen LogP contribution in [0.5, 0.6) is 0 Å². The zero-order chi connectivity index (χ0) is 29.2. The number of ether oxygens (including phenoxy) is 2. The molecule has 2 aromatic heterocycles. The summed E-state index contributed by atoms with van der Waals surface area (Å²) in [4.78, 5) is 44.5. The molecule has 6 rings (SSSR count). The van der Waals surface area contributed by atoms with E-state index in [2.05, 4.69) is 25.2 Å². The maximum Gasteiger partial charge on any atom is 0.407 e. The van der Waals surface area contributed by atoms with Crippen molar-refractivity contribution in [1.29, 1.82) is 0 Å². The Morgan fingerprint density at radius 1 is 1.05 bits per heavy atom. The molecule has 3 fully saturated rings. The van der Waals surface area contributed by atoms with Crippen LogP contribution in [0.4, 0.5) is 4.79 Å². The minimum atomic E-state index is -0.393. The molecule has 0 bridgehead atoms. The fraction of sp³-hybridized carbons (Fsp3) is 0.516. The molecule has 1 N–H and O–H groups in total. The number of fused-ring (bicyclic) bond motifs is 1. The van der Waals surface area contributed by atoms with Crippen LogP contribution in [-0.4, -0.2) is 88.8 Å². The van der Waals surface area contributed by atoms with E-state index in [4.69, 9.17) is 9.47 Å². The van der Waals surface area contributed by atoms with Crippen molar-refractivity contribution in [2.75, 3.05) is 45.9 Å². The second kappa shape index (κ2) is 12.4. The molecule has 0 aliphatic carbocycles. The third kappa shape index (κ3) is 6.33. The SMILES string of the molecule is Cc1nc(-c2nc(C)c(C(=O)N3CC4CN(CCC(NC(=O)OC5CCOC5)c5ccccc5)C[C@H]4C3)c(C)n2)cs1. The van der Waals surface area contributed by atoms with Gasteiger partial charge in [0.1, 0.15) is 11.8 Å². The Balaban J connectivity index is 1.04. The van der Waals surface area contributed by atoms with Crippen LogP contribution in [0, 0.1) is 32.6 Å². The van der Waals surface area contributed by atoms with E-state index in [1.165, 1.54) is 0 Å². The van der Waals surface area contributed by atoms with Crippen LogP contribution in [0.25, 0.3) is 11.5 Å². The lowest BCUT2D eigenvalue weighted by molar-refractivity contribution is 0.0771. The molecule has 42 heavy (non-hydrogen) atoms. The molecular weight excluding hydrogens is 552 g/mol. The smallest absolute Gasteiger partial charge is 0.407 e. The standard InChI is InChI=1S/C31H38N6O4S/c1-19-28(20(2)33-29(32-19)27-18-42-21(3)34-27)30(38)37-15-23-13-36(14-24(23)16-37)11-9-26(22-7-5-4-6-8-22)35-31(39)41-25-10-12-40-17-25/h4-8,18,23-26H,9-17H2,1-3H3,(H,35,39)/t23-,24?,25?,26?/m0/s1. The first-order valence-electron chi connectivity index (χ1n) is 14.7. The lowest BCUT2D eigenvalue weighted by atomic mass is 10.0. The van der Waals surface area contributed by atoms with Crippen LogP contribution in [0.1, 0.15) is 51.2 Å². The van der Waals surface area contributed by atoms with Crippen molar-refractivity contribution >= 4 is 23.3 Å². The lowest BCUT2D eigenvalue weighted by Crippen LogP contribution is -2.36. The summed E-state index contributed by atoms with van der Waals surface area (Å²) in [7, 11) is 0. The molecule has 0 spiro atoms. The van der Waals surface area contributed by atoms with E-state index in [9.17, 15) is 9.59 Å². The molecule has 3 unspecified atom stereocenters. The van der Waals surface area contributed by atoms with Crippen molar-refractivity contribution in [3.8, 4) is 11.5 Å². The van der Waals surface area contributed by atoms with E-state index >= 15 is 0 Å². The molecule has 10 nitrogen and oxygen atoms in total. The van der Waals surface area contributed by atoms with Crippen molar-refractivity contribution in [3.05, 3.63) is 63.2 Å². The fourth-order valence-electron chi connectivity index (χ4n) is 6.46. The lowest BCUT2D eigenvalue weighted by Gasteiger charge is -2.25. The Morgan fingerprint density at radius 2 is 1.76 bits per heavy atom. The van der Waals surface area contributed by atoms with Gasteiger partial charge in [0, 0.05) is 44.5 Å². The molecule has 0 saturated carbocycles. The van der Waals surface area contributed by atoms with Crippen LogP contribution in [0.2, 0.25) is 0 Å². The third-order valence-electron chi connectivity index (χ3n) is 8.57. The number of rotatable bonds is 8. The van der Waals surface area contributed by atoms with E-state index < -0.39 is 6.09 Å². The molecule has 11 heteroatoms. The topological polar surface area (TPSA) is 110 Å². The summed E-state index contributed by atoms with van der Waals surface area (Å²) in [5, 5.41) is 6.01. The maximum atomic E-state index is 13.6. The number of amides is 2. The Labute approximate surface area is 250 Å². The summed E-state index contributed by atoms with van der Waals surface area (Å²) < 4.78 is 10.9. The normalized spacial score (nSPS) is 22.7. The summed E-state index contributed by atoms with van der Waals surface area (Å²) in [6, 6.07) is 9.92. The highest BCUT2D eigenvalue weighted by atomic mass is 32.1. The van der Waals surface area contributed by atoms with Gasteiger partial charge in [0.25, 0.3) is 5.91 Å². The quantitative estimate of drug-likeness (QED) is 0.416. The number of likely N-dealkylation sites (tertiary alicyclic amines) is 2. The number of nitrogens with zero attached hydrogens (tertiary/aromatic N) is 5. The average molecular weight is 591 g/mol. The number of hydrogen-bond acceptors (Lipinski definition) is 9. The summed E-state index contributed by atoms with van der Waals surface area (Å²) in [5.41, 5.74) is 3.83. The Morgan fingerprint density at radius 3 is 2.38 bits per heavy atom. The highest BCUT2D eigenvalue weighted by molar-refractivity contribution is 7.09. The first-order valence-corrected chi connectivity index (χ1v) is 15.6. The predicted octanol–water partition coefficient (Wildman–Crippen LogP) is 4.18. The van der Waals surface area contributed by atoms with E-state index in [1.807, 2.05) is 61.4 Å². The highest BCUT2D eigenvalue weighted by Crippen LogP contribution is 2.33. The van der Waals surface area contributed by atoms with Gasteiger partial charge >= 0.3 is 6.09 Å². The van der Waals surface area contributed by atoms with E-state index in [0.29, 0.717) is 47.8 Å². The monoisotopic (exact) mass is 590 g/mol. The molecular formula is C31H38N6O4S. The number of hydrogen-bond donors (Lipinski definition) is 1. The molecule has 222 valence electrons. The number of aryl methyl sites for hydroxylation is 3. The molecule has 1 aromatic carbocycles. The van der Waals surface area contributed by atoms with Gasteiger partial charge in [-0.15, -0.1) is 11.3 Å². The summed E-state index contributed by atoms with van der Waals surface area (Å²) >= 11 is 1.56. The highest BCUT2D eigenvalue weighted by Gasteiger charge is 2.42. The second-order valence-electron chi connectivity index (χ2n) is 11.6. The van der Waals surface area contributed by atoms with Crippen molar-refractivity contribution in [2.45, 2.75) is 45.8 Å². The summed E-state index contributed by atoms with van der Waals surface area (Å²) in [6.45, 7) is 11.0. The van der Waals surface area contributed by atoms with Gasteiger partial charge in [-0.05, 0) is 44.6 Å². The van der Waals surface area contributed by atoms with Crippen LogP contribution in [0.3, 0.4) is 0 Å². The molecule has 0 radical (unpaired) electrons. The predicted molar refractivity (Wildman–Crippen MR) is 159 cm³/mol. The van der Waals surface area contributed by atoms with Crippen LogP contribution < -0.4 is 5.32 Å². The number of carbonyl (C=O) groups excluding carboxylic acids is 2. The van der Waals surface area contributed by atoms with Gasteiger partial charge in [-0.2, -0.15) is 0 Å². The van der Waals surface area contributed by atoms with Gasteiger partial charge in [0.15, 0.2) is 5.82 Å². The van der Waals surface area contributed by atoms with Crippen molar-refractivity contribution in [2.24, 2.45) is 11.8 Å². The van der Waals surface area contributed by atoms with Crippen LogP contribution >= 0.6 is 11.3 Å². The summed E-state index contributed by atoms with van der Waals surface area (Å²) in [5.74, 6) is 1.46. The first kappa shape index (κ1) is 28.7. The minimum Gasteiger partial charge on any atom is -0.444 e. The van der Waals surface area contributed by atoms with Gasteiger partial charge in [-0.1, -0.05) is 30.3 Å². The molecule has 3 aliphatic heterocycles. The summed E-state index contributed by atoms with van der Waals surface area (Å²) in [6.07, 6.45) is 0.951. The van der Waals surface area contributed by atoms with Gasteiger partial charge in [0.05, 0.1) is 41.2 Å². The van der Waals surface area contributed by atoms with Crippen molar-refractivity contribution in [3.63, 3.8) is 0 Å². The van der Waals surface area contributed by atoms with E-state index in [-0.39, 0.29) is 18.1 Å².